The van der Waals surface area contributed by atoms with Gasteiger partial charge in [-0.1, -0.05) is 37.3 Å². The number of amides is 1. The minimum atomic E-state index is -0.433. The van der Waals surface area contributed by atoms with Crippen LogP contribution < -0.4 is 10.1 Å². The summed E-state index contributed by atoms with van der Waals surface area (Å²) < 4.78 is 5.56. The molecule has 20 heavy (non-hydrogen) atoms. The number of benzene rings is 2. The Hall–Kier alpha value is -2.29. The highest BCUT2D eigenvalue weighted by atomic mass is 16.5. The fourth-order valence-corrected chi connectivity index (χ4v) is 2.32. The summed E-state index contributed by atoms with van der Waals surface area (Å²) in [6, 6.07) is 14.4. The molecule has 0 spiro atoms. The van der Waals surface area contributed by atoms with Gasteiger partial charge in [0.05, 0.1) is 5.69 Å². The van der Waals surface area contributed by atoms with E-state index in [9.17, 15) is 4.79 Å². The monoisotopic (exact) mass is 267 g/mol. The van der Waals surface area contributed by atoms with E-state index in [0.717, 1.165) is 29.0 Å². The third kappa shape index (κ3) is 2.27. The molecular formula is C17H17NO2. The van der Waals surface area contributed by atoms with Crippen LogP contribution in [0.2, 0.25) is 0 Å². The number of nitrogens with one attached hydrogen (secondary N) is 1. The second kappa shape index (κ2) is 5.00. The van der Waals surface area contributed by atoms with E-state index in [0.29, 0.717) is 0 Å². The number of hydrogen-bond donors (Lipinski definition) is 1. The third-order valence-corrected chi connectivity index (χ3v) is 3.61. The standard InChI is InChI=1S/C17H17NO2/c1-3-12-4-6-13(7-5-12)14-8-9-16-15(10-14)18-17(19)11(2)20-16/h4-11H,3H2,1-2H3,(H,18,19). The summed E-state index contributed by atoms with van der Waals surface area (Å²) in [7, 11) is 0. The summed E-state index contributed by atoms with van der Waals surface area (Å²) in [5.74, 6) is 0.627. The van der Waals surface area contributed by atoms with Crippen LogP contribution in [0.15, 0.2) is 42.5 Å². The summed E-state index contributed by atoms with van der Waals surface area (Å²) in [6.45, 7) is 3.89. The van der Waals surface area contributed by atoms with Crippen molar-refractivity contribution >= 4 is 11.6 Å². The van der Waals surface area contributed by atoms with Crippen LogP contribution in [-0.2, 0) is 11.2 Å². The van der Waals surface area contributed by atoms with E-state index >= 15 is 0 Å². The molecule has 1 atom stereocenters. The number of aryl methyl sites for hydroxylation is 1. The number of fused-ring (bicyclic) bond motifs is 1. The SMILES string of the molecule is CCc1ccc(-c2ccc3c(c2)NC(=O)C(C)O3)cc1. The summed E-state index contributed by atoms with van der Waals surface area (Å²) in [5, 5.41) is 2.88. The first kappa shape index (κ1) is 12.7. The molecule has 0 fully saturated rings. The number of carbonyl (C=O) groups excluding carboxylic acids is 1. The predicted molar refractivity (Wildman–Crippen MR) is 80.0 cm³/mol. The van der Waals surface area contributed by atoms with Crippen molar-refractivity contribution in [1.82, 2.24) is 0 Å². The summed E-state index contributed by atoms with van der Waals surface area (Å²) in [4.78, 5) is 11.7. The van der Waals surface area contributed by atoms with Gasteiger partial charge in [-0.3, -0.25) is 4.79 Å². The maximum absolute atomic E-state index is 11.7. The molecule has 2 aromatic rings. The van der Waals surface area contributed by atoms with Gasteiger partial charge in [-0.05, 0) is 42.2 Å². The maximum atomic E-state index is 11.7. The zero-order valence-corrected chi connectivity index (χ0v) is 11.6. The van der Waals surface area contributed by atoms with Crippen LogP contribution in [-0.4, -0.2) is 12.0 Å². The number of anilines is 1. The highest BCUT2D eigenvalue weighted by molar-refractivity contribution is 5.98. The molecule has 0 bridgehead atoms. The zero-order valence-electron chi connectivity index (χ0n) is 11.6. The van der Waals surface area contributed by atoms with Crippen molar-refractivity contribution < 1.29 is 9.53 Å². The Bertz CT molecular complexity index is 647. The van der Waals surface area contributed by atoms with Crippen LogP contribution in [0.4, 0.5) is 5.69 Å². The lowest BCUT2D eigenvalue weighted by Crippen LogP contribution is -2.34. The number of carbonyl (C=O) groups is 1. The van der Waals surface area contributed by atoms with Crippen LogP contribution in [0.3, 0.4) is 0 Å². The summed E-state index contributed by atoms with van der Waals surface area (Å²) in [6.07, 6.45) is 0.601. The van der Waals surface area contributed by atoms with Crippen molar-refractivity contribution in [3.63, 3.8) is 0 Å². The van der Waals surface area contributed by atoms with E-state index in [4.69, 9.17) is 4.74 Å². The van der Waals surface area contributed by atoms with Crippen LogP contribution in [0.25, 0.3) is 11.1 Å². The molecule has 1 amide bonds. The molecule has 102 valence electrons. The highest BCUT2D eigenvalue weighted by Crippen LogP contribution is 2.34. The van der Waals surface area contributed by atoms with Gasteiger partial charge in [0.25, 0.3) is 5.91 Å². The Labute approximate surface area is 118 Å². The molecule has 1 aliphatic heterocycles. The van der Waals surface area contributed by atoms with Crippen molar-refractivity contribution in [2.45, 2.75) is 26.4 Å². The predicted octanol–water partition coefficient (Wildman–Crippen LogP) is 3.64. The quantitative estimate of drug-likeness (QED) is 0.902. The summed E-state index contributed by atoms with van der Waals surface area (Å²) >= 11 is 0. The van der Waals surface area contributed by atoms with Gasteiger partial charge in [0.15, 0.2) is 6.10 Å². The Morgan fingerprint density at radius 1 is 1.10 bits per heavy atom. The molecule has 0 aromatic heterocycles. The van der Waals surface area contributed by atoms with E-state index < -0.39 is 6.10 Å². The van der Waals surface area contributed by atoms with E-state index in [1.807, 2.05) is 18.2 Å². The van der Waals surface area contributed by atoms with Gasteiger partial charge in [-0.15, -0.1) is 0 Å². The molecule has 3 rings (SSSR count). The second-order valence-corrected chi connectivity index (χ2v) is 5.01. The summed E-state index contributed by atoms with van der Waals surface area (Å²) in [5.41, 5.74) is 4.27. The molecule has 3 nitrogen and oxygen atoms in total. The molecule has 0 aliphatic carbocycles. The Balaban J connectivity index is 1.95. The van der Waals surface area contributed by atoms with Crippen LogP contribution in [0.5, 0.6) is 5.75 Å². The molecule has 0 saturated carbocycles. The zero-order chi connectivity index (χ0) is 14.1. The van der Waals surface area contributed by atoms with Crippen molar-refractivity contribution in [2.75, 3.05) is 5.32 Å². The van der Waals surface area contributed by atoms with Crippen molar-refractivity contribution in [1.29, 1.82) is 0 Å². The van der Waals surface area contributed by atoms with Crippen molar-refractivity contribution in [2.24, 2.45) is 0 Å². The van der Waals surface area contributed by atoms with E-state index in [1.54, 1.807) is 6.92 Å². The van der Waals surface area contributed by atoms with E-state index in [1.165, 1.54) is 5.56 Å². The van der Waals surface area contributed by atoms with Crippen molar-refractivity contribution in [3.8, 4) is 16.9 Å². The van der Waals surface area contributed by atoms with Gasteiger partial charge in [0, 0.05) is 0 Å². The first-order valence-corrected chi connectivity index (χ1v) is 6.88. The minimum Gasteiger partial charge on any atom is -0.479 e. The lowest BCUT2D eigenvalue weighted by molar-refractivity contribution is -0.122. The first-order valence-electron chi connectivity index (χ1n) is 6.88. The Kier molecular flexibility index (Phi) is 3.18. The molecule has 1 unspecified atom stereocenters. The molecule has 0 radical (unpaired) electrons. The minimum absolute atomic E-state index is 0.101. The largest absolute Gasteiger partial charge is 0.479 e. The maximum Gasteiger partial charge on any atom is 0.265 e. The lowest BCUT2D eigenvalue weighted by Gasteiger charge is -2.23. The lowest BCUT2D eigenvalue weighted by atomic mass is 10.0. The molecular weight excluding hydrogens is 250 g/mol. The van der Waals surface area contributed by atoms with Gasteiger partial charge in [0.2, 0.25) is 0 Å². The number of rotatable bonds is 2. The van der Waals surface area contributed by atoms with Crippen LogP contribution in [0.1, 0.15) is 19.4 Å². The molecule has 1 N–H and O–H groups in total. The van der Waals surface area contributed by atoms with Gasteiger partial charge in [-0.25, -0.2) is 0 Å². The van der Waals surface area contributed by atoms with Crippen LogP contribution >= 0.6 is 0 Å². The molecule has 2 aromatic carbocycles. The fourth-order valence-electron chi connectivity index (χ4n) is 2.32. The van der Waals surface area contributed by atoms with Crippen LogP contribution in [0, 0.1) is 0 Å². The van der Waals surface area contributed by atoms with Gasteiger partial charge < -0.3 is 10.1 Å². The molecule has 0 saturated heterocycles. The average molecular weight is 267 g/mol. The molecule has 1 aliphatic rings. The van der Waals surface area contributed by atoms with E-state index in [2.05, 4.69) is 36.5 Å². The highest BCUT2D eigenvalue weighted by Gasteiger charge is 2.23. The average Bonchev–Trinajstić information content (AvgIpc) is 2.48. The van der Waals surface area contributed by atoms with Gasteiger partial charge in [0.1, 0.15) is 5.75 Å². The number of ether oxygens (including phenoxy) is 1. The molecule has 1 heterocycles. The van der Waals surface area contributed by atoms with E-state index in [-0.39, 0.29) is 5.91 Å². The third-order valence-electron chi connectivity index (χ3n) is 3.61. The number of hydrogen-bond acceptors (Lipinski definition) is 2. The first-order chi connectivity index (χ1) is 9.67. The second-order valence-electron chi connectivity index (χ2n) is 5.01. The van der Waals surface area contributed by atoms with Crippen molar-refractivity contribution in [3.05, 3.63) is 48.0 Å². The Morgan fingerprint density at radius 3 is 2.50 bits per heavy atom. The fraction of sp³-hybridized carbons (Fsp3) is 0.235. The van der Waals surface area contributed by atoms with Gasteiger partial charge >= 0.3 is 0 Å². The smallest absolute Gasteiger partial charge is 0.265 e. The van der Waals surface area contributed by atoms with Gasteiger partial charge in [-0.2, -0.15) is 0 Å². The topological polar surface area (TPSA) is 38.3 Å². The molecule has 3 heteroatoms. The Morgan fingerprint density at radius 2 is 1.80 bits per heavy atom. The normalized spacial score (nSPS) is 17.1.